The monoisotopic (exact) mass is 346 g/mol. The summed E-state index contributed by atoms with van der Waals surface area (Å²) in [6, 6.07) is 6.27. The minimum absolute atomic E-state index is 0.228. The van der Waals surface area contributed by atoms with E-state index in [1.807, 2.05) is 6.07 Å². The maximum Gasteiger partial charge on any atom is 0.0700 e. The molecule has 0 aliphatic carbocycles. The van der Waals surface area contributed by atoms with Crippen molar-refractivity contribution in [2.24, 2.45) is 5.73 Å². The van der Waals surface area contributed by atoms with Crippen LogP contribution < -0.4 is 5.73 Å². The summed E-state index contributed by atoms with van der Waals surface area (Å²) in [4.78, 5) is 2.41. The van der Waals surface area contributed by atoms with E-state index in [9.17, 15) is 0 Å². The Labute approximate surface area is 128 Å². The predicted molar refractivity (Wildman–Crippen MR) is 82.6 cm³/mol. The molecule has 1 heterocycles. The third kappa shape index (κ3) is 3.70. The number of hydrogen-bond acceptors (Lipinski definition) is 3. The molecule has 2 N–H and O–H groups in total. The zero-order valence-electron chi connectivity index (χ0n) is 11.1. The van der Waals surface area contributed by atoms with Crippen molar-refractivity contribution in [3.63, 3.8) is 0 Å². The highest BCUT2D eigenvalue weighted by Crippen LogP contribution is 2.29. The van der Waals surface area contributed by atoms with Gasteiger partial charge in [-0.2, -0.15) is 0 Å². The van der Waals surface area contributed by atoms with Gasteiger partial charge in [0.2, 0.25) is 0 Å². The van der Waals surface area contributed by atoms with Crippen LogP contribution in [0.25, 0.3) is 0 Å². The van der Waals surface area contributed by atoms with Gasteiger partial charge < -0.3 is 10.5 Å². The van der Waals surface area contributed by atoms with E-state index >= 15 is 0 Å². The van der Waals surface area contributed by atoms with Crippen molar-refractivity contribution in [1.29, 1.82) is 0 Å². The smallest absolute Gasteiger partial charge is 0.0700 e. The van der Waals surface area contributed by atoms with Gasteiger partial charge in [0, 0.05) is 30.1 Å². The van der Waals surface area contributed by atoms with Crippen LogP contribution in [0, 0.1) is 0 Å². The Kier molecular flexibility index (Phi) is 5.66. The molecule has 19 heavy (non-hydrogen) atoms. The SMILES string of the molecule is CCC1CN(C(CN)c2ccc(Cl)c(Br)c2)CCO1. The number of halogens is 2. The molecule has 1 aromatic carbocycles. The molecule has 2 unspecified atom stereocenters. The summed E-state index contributed by atoms with van der Waals surface area (Å²) in [5.74, 6) is 0. The summed E-state index contributed by atoms with van der Waals surface area (Å²) in [6.45, 7) is 5.41. The summed E-state index contributed by atoms with van der Waals surface area (Å²) in [5.41, 5.74) is 7.18. The molecule has 1 aliphatic heterocycles. The highest BCUT2D eigenvalue weighted by molar-refractivity contribution is 9.10. The van der Waals surface area contributed by atoms with E-state index in [0.717, 1.165) is 35.6 Å². The standard InChI is InChI=1S/C14H20BrClN2O/c1-2-11-9-18(5-6-19-11)14(8-17)10-3-4-13(16)12(15)7-10/h3-4,7,11,14H,2,5-6,8-9,17H2,1H3. The number of nitrogens with two attached hydrogens (primary N) is 1. The molecule has 2 atom stereocenters. The lowest BCUT2D eigenvalue weighted by molar-refractivity contribution is -0.0437. The molecule has 1 saturated heterocycles. The van der Waals surface area contributed by atoms with Crippen molar-refractivity contribution >= 4 is 27.5 Å². The van der Waals surface area contributed by atoms with Gasteiger partial charge >= 0.3 is 0 Å². The number of nitrogens with zero attached hydrogens (tertiary/aromatic N) is 1. The van der Waals surface area contributed by atoms with Gasteiger partial charge in [-0.15, -0.1) is 0 Å². The lowest BCUT2D eigenvalue weighted by atomic mass is 10.0. The molecule has 2 rings (SSSR count). The largest absolute Gasteiger partial charge is 0.376 e. The van der Waals surface area contributed by atoms with Gasteiger partial charge in [-0.25, -0.2) is 0 Å². The van der Waals surface area contributed by atoms with Crippen LogP contribution in [0.15, 0.2) is 22.7 Å². The molecule has 0 bridgehead atoms. The first-order valence-corrected chi connectivity index (χ1v) is 7.83. The molecule has 0 spiro atoms. The fourth-order valence-corrected chi connectivity index (χ4v) is 3.00. The van der Waals surface area contributed by atoms with Crippen molar-refractivity contribution < 1.29 is 4.74 Å². The van der Waals surface area contributed by atoms with Gasteiger partial charge in [0.05, 0.1) is 17.7 Å². The second-order valence-electron chi connectivity index (χ2n) is 4.82. The summed E-state index contributed by atoms with van der Waals surface area (Å²) in [5, 5.41) is 0.730. The van der Waals surface area contributed by atoms with Crippen LogP contribution in [0.5, 0.6) is 0 Å². The highest BCUT2D eigenvalue weighted by Gasteiger charge is 2.26. The van der Waals surface area contributed by atoms with Crippen LogP contribution in [0.2, 0.25) is 5.02 Å². The van der Waals surface area contributed by atoms with Crippen molar-refractivity contribution in [1.82, 2.24) is 4.90 Å². The van der Waals surface area contributed by atoms with Gasteiger partial charge in [0.1, 0.15) is 0 Å². The average molecular weight is 348 g/mol. The lowest BCUT2D eigenvalue weighted by Crippen LogP contribution is -2.46. The number of hydrogen-bond donors (Lipinski definition) is 1. The van der Waals surface area contributed by atoms with E-state index in [1.165, 1.54) is 5.56 Å². The molecule has 5 heteroatoms. The molecule has 1 aromatic rings. The average Bonchev–Trinajstić information content (AvgIpc) is 2.44. The minimum Gasteiger partial charge on any atom is -0.376 e. The summed E-state index contributed by atoms with van der Waals surface area (Å²) in [7, 11) is 0. The first-order chi connectivity index (χ1) is 9.15. The summed E-state index contributed by atoms with van der Waals surface area (Å²) < 4.78 is 6.64. The predicted octanol–water partition coefficient (Wildman–Crippen LogP) is 3.21. The molecular formula is C14H20BrClN2O. The van der Waals surface area contributed by atoms with E-state index in [0.29, 0.717) is 12.6 Å². The Hall–Kier alpha value is -0.130. The molecule has 0 radical (unpaired) electrons. The third-order valence-corrected chi connectivity index (χ3v) is 4.83. The molecular weight excluding hydrogens is 328 g/mol. The highest BCUT2D eigenvalue weighted by atomic mass is 79.9. The second kappa shape index (κ2) is 7.04. The number of morpholine rings is 1. The van der Waals surface area contributed by atoms with Gasteiger partial charge in [-0.1, -0.05) is 24.6 Å². The van der Waals surface area contributed by atoms with Gasteiger partial charge in [-0.05, 0) is 40.0 Å². The fraction of sp³-hybridized carbons (Fsp3) is 0.571. The fourth-order valence-electron chi connectivity index (χ4n) is 2.49. The Morgan fingerprint density at radius 1 is 1.58 bits per heavy atom. The Morgan fingerprint density at radius 2 is 2.37 bits per heavy atom. The number of benzene rings is 1. The van der Waals surface area contributed by atoms with Crippen LogP contribution in [0.4, 0.5) is 0 Å². The quantitative estimate of drug-likeness (QED) is 0.909. The van der Waals surface area contributed by atoms with E-state index in [4.69, 9.17) is 22.1 Å². The molecule has 0 amide bonds. The van der Waals surface area contributed by atoms with E-state index in [1.54, 1.807) is 0 Å². The molecule has 1 fully saturated rings. The number of rotatable bonds is 4. The van der Waals surface area contributed by atoms with E-state index < -0.39 is 0 Å². The Morgan fingerprint density at radius 3 is 3.00 bits per heavy atom. The maximum atomic E-state index is 6.05. The minimum atomic E-state index is 0.228. The first-order valence-electron chi connectivity index (χ1n) is 6.66. The second-order valence-corrected chi connectivity index (χ2v) is 6.08. The van der Waals surface area contributed by atoms with Crippen molar-refractivity contribution in [2.45, 2.75) is 25.5 Å². The molecule has 0 aromatic heterocycles. The van der Waals surface area contributed by atoms with Crippen LogP contribution >= 0.6 is 27.5 Å². The molecule has 3 nitrogen and oxygen atoms in total. The van der Waals surface area contributed by atoms with E-state index in [2.05, 4.69) is 39.9 Å². The Balaban J connectivity index is 2.16. The van der Waals surface area contributed by atoms with E-state index in [-0.39, 0.29) is 6.04 Å². The van der Waals surface area contributed by atoms with Crippen LogP contribution in [-0.4, -0.2) is 37.2 Å². The molecule has 1 aliphatic rings. The zero-order chi connectivity index (χ0) is 13.8. The summed E-state index contributed by atoms with van der Waals surface area (Å²) >= 11 is 9.53. The van der Waals surface area contributed by atoms with Crippen LogP contribution in [-0.2, 0) is 4.74 Å². The van der Waals surface area contributed by atoms with Crippen molar-refractivity contribution in [3.8, 4) is 0 Å². The lowest BCUT2D eigenvalue weighted by Gasteiger charge is -2.38. The molecule has 106 valence electrons. The van der Waals surface area contributed by atoms with Gasteiger partial charge in [0.15, 0.2) is 0 Å². The molecule has 0 saturated carbocycles. The Bertz CT molecular complexity index is 430. The normalized spacial score (nSPS) is 22.4. The maximum absolute atomic E-state index is 6.05. The van der Waals surface area contributed by atoms with Gasteiger partial charge in [-0.3, -0.25) is 4.90 Å². The van der Waals surface area contributed by atoms with Crippen molar-refractivity contribution in [2.75, 3.05) is 26.2 Å². The number of ether oxygens (including phenoxy) is 1. The van der Waals surface area contributed by atoms with Crippen LogP contribution in [0.1, 0.15) is 24.9 Å². The van der Waals surface area contributed by atoms with Gasteiger partial charge in [0.25, 0.3) is 0 Å². The third-order valence-electron chi connectivity index (χ3n) is 3.62. The van der Waals surface area contributed by atoms with Crippen LogP contribution in [0.3, 0.4) is 0 Å². The van der Waals surface area contributed by atoms with Crippen molar-refractivity contribution in [3.05, 3.63) is 33.3 Å². The zero-order valence-corrected chi connectivity index (χ0v) is 13.5. The first kappa shape index (κ1) is 15.3. The summed E-state index contributed by atoms with van der Waals surface area (Å²) in [6.07, 6.45) is 1.36. The topological polar surface area (TPSA) is 38.5 Å².